The molecule has 1 saturated heterocycles. The van der Waals surface area contributed by atoms with E-state index in [4.69, 9.17) is 4.74 Å². The number of likely N-dealkylation sites (tertiary alicyclic amines) is 1. The first kappa shape index (κ1) is 15.3. The van der Waals surface area contributed by atoms with Crippen molar-refractivity contribution in [2.24, 2.45) is 5.92 Å². The number of aromatic nitrogens is 2. The van der Waals surface area contributed by atoms with Crippen molar-refractivity contribution < 1.29 is 9.53 Å². The second-order valence-electron chi connectivity index (χ2n) is 6.45. The van der Waals surface area contributed by atoms with Crippen LogP contribution in [0, 0.1) is 5.92 Å². The highest BCUT2D eigenvalue weighted by Gasteiger charge is 2.26. The summed E-state index contributed by atoms with van der Waals surface area (Å²) in [5.74, 6) is 1.62. The second-order valence-corrected chi connectivity index (χ2v) is 6.45. The van der Waals surface area contributed by atoms with Gasteiger partial charge in [-0.2, -0.15) is 0 Å². The van der Waals surface area contributed by atoms with Gasteiger partial charge >= 0.3 is 0 Å². The molecule has 1 atom stereocenters. The molecule has 1 aromatic heterocycles. The summed E-state index contributed by atoms with van der Waals surface area (Å²) in [5, 5.41) is 0. The Bertz CT molecular complexity index is 474. The summed E-state index contributed by atoms with van der Waals surface area (Å²) in [5.41, 5.74) is 0. The molecule has 0 aromatic carbocycles. The van der Waals surface area contributed by atoms with Crippen molar-refractivity contribution in [2.45, 2.75) is 57.5 Å². The maximum Gasteiger partial charge on any atom is 0.232 e. The normalized spacial score (nSPS) is 22.7. The maximum absolute atomic E-state index is 12.4. The molecule has 0 radical (unpaired) electrons. The van der Waals surface area contributed by atoms with E-state index in [2.05, 4.69) is 9.97 Å². The van der Waals surface area contributed by atoms with Crippen molar-refractivity contribution >= 4 is 5.91 Å². The molecule has 5 heteroatoms. The van der Waals surface area contributed by atoms with Crippen molar-refractivity contribution in [1.82, 2.24) is 14.9 Å². The molecular formula is C17H25N3O2. The van der Waals surface area contributed by atoms with Gasteiger partial charge in [-0.25, -0.2) is 4.98 Å². The van der Waals surface area contributed by atoms with Crippen molar-refractivity contribution in [3.05, 3.63) is 18.6 Å². The van der Waals surface area contributed by atoms with Gasteiger partial charge in [0.1, 0.15) is 6.10 Å². The molecule has 3 rings (SSSR count). The Morgan fingerprint density at radius 1 is 1.23 bits per heavy atom. The molecule has 0 N–H and O–H groups in total. The van der Waals surface area contributed by atoms with Gasteiger partial charge in [0, 0.05) is 25.4 Å². The number of nitrogens with zero attached hydrogens (tertiary/aromatic N) is 3. The van der Waals surface area contributed by atoms with Crippen LogP contribution in [-0.4, -0.2) is 40.0 Å². The zero-order valence-corrected chi connectivity index (χ0v) is 13.1. The van der Waals surface area contributed by atoms with E-state index in [1.54, 1.807) is 18.6 Å². The Kier molecular flexibility index (Phi) is 5.24. The molecule has 0 spiro atoms. The van der Waals surface area contributed by atoms with E-state index in [-0.39, 0.29) is 6.10 Å². The van der Waals surface area contributed by atoms with Crippen LogP contribution in [0.5, 0.6) is 5.88 Å². The van der Waals surface area contributed by atoms with Crippen LogP contribution in [-0.2, 0) is 4.79 Å². The van der Waals surface area contributed by atoms with E-state index in [1.807, 2.05) is 4.90 Å². The van der Waals surface area contributed by atoms with Crippen LogP contribution in [0.1, 0.15) is 51.4 Å². The number of carbonyl (C=O) groups excluding carboxylic acids is 1. The summed E-state index contributed by atoms with van der Waals surface area (Å²) in [7, 11) is 0. The summed E-state index contributed by atoms with van der Waals surface area (Å²) < 4.78 is 5.85. The van der Waals surface area contributed by atoms with E-state index in [0.717, 1.165) is 31.7 Å². The Balaban J connectivity index is 1.46. The third-order valence-electron chi connectivity index (χ3n) is 4.80. The van der Waals surface area contributed by atoms with E-state index in [0.29, 0.717) is 24.8 Å². The molecule has 1 aliphatic carbocycles. The summed E-state index contributed by atoms with van der Waals surface area (Å²) in [6, 6.07) is 0. The molecule has 5 nitrogen and oxygen atoms in total. The van der Waals surface area contributed by atoms with Gasteiger partial charge in [0.15, 0.2) is 0 Å². The van der Waals surface area contributed by atoms with Gasteiger partial charge < -0.3 is 9.64 Å². The Labute approximate surface area is 132 Å². The zero-order chi connectivity index (χ0) is 15.2. The average molecular weight is 303 g/mol. The highest BCUT2D eigenvalue weighted by atomic mass is 16.5. The molecule has 1 unspecified atom stereocenters. The van der Waals surface area contributed by atoms with Gasteiger partial charge in [0.2, 0.25) is 11.8 Å². The summed E-state index contributed by atoms with van der Waals surface area (Å²) in [6.45, 7) is 1.55. The average Bonchev–Trinajstić information content (AvgIpc) is 3.07. The maximum atomic E-state index is 12.4. The van der Waals surface area contributed by atoms with Gasteiger partial charge in [-0.05, 0) is 25.2 Å². The standard InChI is InChI=1S/C17H25N3O2/c21-17(8-7-14-4-1-2-5-14)20-11-3-6-15(13-20)22-16-12-18-9-10-19-16/h9-10,12,14-15H,1-8,11,13H2. The van der Waals surface area contributed by atoms with E-state index in [1.165, 1.54) is 25.7 Å². The third kappa shape index (κ3) is 4.18. The Morgan fingerprint density at radius 2 is 2.09 bits per heavy atom. The van der Waals surface area contributed by atoms with Gasteiger partial charge in [-0.3, -0.25) is 9.78 Å². The third-order valence-corrected chi connectivity index (χ3v) is 4.80. The van der Waals surface area contributed by atoms with E-state index in [9.17, 15) is 4.79 Å². The van der Waals surface area contributed by atoms with Crippen LogP contribution < -0.4 is 4.74 Å². The molecule has 2 aliphatic rings. The summed E-state index contributed by atoms with van der Waals surface area (Å²) in [4.78, 5) is 22.5. The molecule has 1 aliphatic heterocycles. The van der Waals surface area contributed by atoms with Crippen LogP contribution in [0.15, 0.2) is 18.6 Å². The monoisotopic (exact) mass is 303 g/mol. The number of hydrogen-bond donors (Lipinski definition) is 0. The molecule has 22 heavy (non-hydrogen) atoms. The highest BCUT2D eigenvalue weighted by molar-refractivity contribution is 5.76. The van der Waals surface area contributed by atoms with Crippen LogP contribution in [0.3, 0.4) is 0 Å². The fraction of sp³-hybridized carbons (Fsp3) is 0.706. The van der Waals surface area contributed by atoms with Crippen molar-refractivity contribution in [3.63, 3.8) is 0 Å². The first-order valence-electron chi connectivity index (χ1n) is 8.52. The van der Waals surface area contributed by atoms with Crippen molar-refractivity contribution in [1.29, 1.82) is 0 Å². The fourth-order valence-corrected chi connectivity index (χ4v) is 3.56. The number of hydrogen-bond acceptors (Lipinski definition) is 4. The quantitative estimate of drug-likeness (QED) is 0.839. The molecule has 1 aromatic rings. The van der Waals surface area contributed by atoms with Crippen LogP contribution in [0.2, 0.25) is 0 Å². The molecule has 2 heterocycles. The number of amides is 1. The minimum atomic E-state index is 0.0425. The van der Waals surface area contributed by atoms with Crippen molar-refractivity contribution in [3.8, 4) is 5.88 Å². The van der Waals surface area contributed by atoms with Crippen LogP contribution >= 0.6 is 0 Å². The van der Waals surface area contributed by atoms with Crippen LogP contribution in [0.25, 0.3) is 0 Å². The first-order valence-corrected chi connectivity index (χ1v) is 8.52. The largest absolute Gasteiger partial charge is 0.471 e. The predicted molar refractivity (Wildman–Crippen MR) is 83.5 cm³/mol. The van der Waals surface area contributed by atoms with E-state index >= 15 is 0 Å². The van der Waals surface area contributed by atoms with Gasteiger partial charge in [-0.1, -0.05) is 25.7 Å². The summed E-state index contributed by atoms with van der Waals surface area (Å²) >= 11 is 0. The Hall–Kier alpha value is -1.65. The lowest BCUT2D eigenvalue weighted by molar-refractivity contribution is -0.134. The predicted octanol–water partition coefficient (Wildman–Crippen LogP) is 2.82. The van der Waals surface area contributed by atoms with E-state index < -0.39 is 0 Å². The second kappa shape index (κ2) is 7.56. The Morgan fingerprint density at radius 3 is 2.86 bits per heavy atom. The summed E-state index contributed by atoms with van der Waals surface area (Å²) in [6.07, 6.45) is 14.0. The zero-order valence-electron chi connectivity index (χ0n) is 13.1. The smallest absolute Gasteiger partial charge is 0.232 e. The molecule has 1 amide bonds. The van der Waals surface area contributed by atoms with Gasteiger partial charge in [-0.15, -0.1) is 0 Å². The van der Waals surface area contributed by atoms with Gasteiger partial charge in [0.25, 0.3) is 0 Å². The topological polar surface area (TPSA) is 55.3 Å². The van der Waals surface area contributed by atoms with Crippen LogP contribution in [0.4, 0.5) is 0 Å². The SMILES string of the molecule is O=C(CCC1CCCC1)N1CCCC(Oc2cnccn2)C1. The van der Waals surface area contributed by atoms with Gasteiger partial charge in [0.05, 0.1) is 12.7 Å². The lowest BCUT2D eigenvalue weighted by Gasteiger charge is -2.32. The minimum Gasteiger partial charge on any atom is -0.471 e. The number of carbonyl (C=O) groups is 1. The lowest BCUT2D eigenvalue weighted by atomic mass is 10.0. The number of piperidine rings is 1. The first-order chi connectivity index (χ1) is 10.8. The fourth-order valence-electron chi connectivity index (χ4n) is 3.56. The molecule has 2 fully saturated rings. The molecular weight excluding hydrogens is 278 g/mol. The molecule has 1 saturated carbocycles. The van der Waals surface area contributed by atoms with Crippen molar-refractivity contribution in [2.75, 3.05) is 13.1 Å². The molecule has 120 valence electrons. The lowest BCUT2D eigenvalue weighted by Crippen LogP contribution is -2.44. The number of ether oxygens (including phenoxy) is 1. The minimum absolute atomic E-state index is 0.0425. The molecule has 0 bridgehead atoms. The highest BCUT2D eigenvalue weighted by Crippen LogP contribution is 2.29. The number of rotatable bonds is 5.